The van der Waals surface area contributed by atoms with Gasteiger partial charge in [0.2, 0.25) is 0 Å². The molecule has 17 heavy (non-hydrogen) atoms. The molecule has 0 aromatic heterocycles. The summed E-state index contributed by atoms with van der Waals surface area (Å²) in [7, 11) is 0. The highest BCUT2D eigenvalue weighted by atomic mass is 35.5. The van der Waals surface area contributed by atoms with E-state index in [1.54, 1.807) is 12.1 Å². The van der Waals surface area contributed by atoms with Gasteiger partial charge < -0.3 is 10.1 Å². The third-order valence-electron chi connectivity index (χ3n) is 3.71. The number of rotatable bonds is 0. The summed E-state index contributed by atoms with van der Waals surface area (Å²) in [5.74, 6) is 0.721. The lowest BCUT2D eigenvalue weighted by molar-refractivity contribution is 0.0168. The summed E-state index contributed by atoms with van der Waals surface area (Å²) in [5.41, 5.74) is 1.03. The molecule has 0 bridgehead atoms. The second-order valence-corrected chi connectivity index (χ2v) is 4.79. The van der Waals surface area contributed by atoms with Gasteiger partial charge in [-0.3, -0.25) is 0 Å². The Bertz CT molecular complexity index is 404. The molecule has 1 aromatic carbocycles. The molecule has 1 N–H and O–H groups in total. The summed E-state index contributed by atoms with van der Waals surface area (Å²) in [4.78, 5) is 0. The predicted octanol–water partition coefficient (Wildman–Crippen LogP) is 2.69. The average molecular weight is 258 g/mol. The Balaban J connectivity index is 0.00000108. The third-order valence-corrected chi connectivity index (χ3v) is 3.71. The Morgan fingerprint density at radius 2 is 1.94 bits per heavy atom. The van der Waals surface area contributed by atoms with Crippen LogP contribution in [0.25, 0.3) is 0 Å². The Kier molecular flexibility index (Phi) is 3.59. The third kappa shape index (κ3) is 2.40. The number of hydrogen-bond donors (Lipinski definition) is 1. The van der Waals surface area contributed by atoms with Crippen molar-refractivity contribution in [2.75, 3.05) is 13.1 Å². The average Bonchev–Trinajstić information content (AvgIpc) is 2.31. The number of nitrogens with one attached hydrogen (secondary N) is 1. The van der Waals surface area contributed by atoms with Crippen molar-refractivity contribution in [1.29, 1.82) is 0 Å². The number of aryl methyl sites for hydroxylation is 1. The quantitative estimate of drug-likeness (QED) is 0.772. The lowest BCUT2D eigenvalue weighted by Gasteiger charge is -2.41. The molecule has 0 saturated carbocycles. The summed E-state index contributed by atoms with van der Waals surface area (Å²) in [6.07, 6.45) is 4.08. The lowest BCUT2D eigenvalue weighted by atomic mass is 9.84. The van der Waals surface area contributed by atoms with Crippen LogP contribution in [0.4, 0.5) is 4.39 Å². The van der Waals surface area contributed by atoms with Crippen molar-refractivity contribution in [2.45, 2.75) is 31.3 Å². The van der Waals surface area contributed by atoms with Crippen LogP contribution in [0.5, 0.6) is 5.75 Å². The SMILES string of the molecule is Cl.Fc1ccc2c(c1)CCC1(CCNCC1)O2. The summed E-state index contributed by atoms with van der Waals surface area (Å²) in [6.45, 7) is 2.05. The van der Waals surface area contributed by atoms with Crippen LogP contribution in [0, 0.1) is 5.82 Å². The minimum Gasteiger partial charge on any atom is -0.487 e. The number of piperidine rings is 1. The lowest BCUT2D eigenvalue weighted by Crippen LogP contribution is -2.48. The van der Waals surface area contributed by atoms with Crippen molar-refractivity contribution >= 4 is 12.4 Å². The smallest absolute Gasteiger partial charge is 0.123 e. The summed E-state index contributed by atoms with van der Waals surface area (Å²) in [6, 6.07) is 4.86. The highest BCUT2D eigenvalue weighted by Gasteiger charge is 2.37. The molecule has 3 rings (SSSR count). The molecule has 0 amide bonds. The van der Waals surface area contributed by atoms with Gasteiger partial charge in [-0.15, -0.1) is 12.4 Å². The number of hydrogen-bond acceptors (Lipinski definition) is 2. The van der Waals surface area contributed by atoms with Gasteiger partial charge >= 0.3 is 0 Å². The zero-order chi connectivity index (χ0) is 11.0. The van der Waals surface area contributed by atoms with E-state index in [1.165, 1.54) is 6.07 Å². The number of ether oxygens (including phenoxy) is 1. The molecule has 2 heterocycles. The van der Waals surface area contributed by atoms with Gasteiger partial charge in [-0.05, 0) is 62.5 Å². The fourth-order valence-electron chi connectivity index (χ4n) is 2.72. The summed E-state index contributed by atoms with van der Waals surface area (Å²) in [5, 5.41) is 3.35. The Morgan fingerprint density at radius 3 is 2.71 bits per heavy atom. The monoisotopic (exact) mass is 257 g/mol. The second-order valence-electron chi connectivity index (χ2n) is 4.79. The molecule has 0 unspecified atom stereocenters. The first-order valence-corrected chi connectivity index (χ1v) is 5.96. The van der Waals surface area contributed by atoms with E-state index in [2.05, 4.69) is 5.32 Å². The second kappa shape index (κ2) is 4.83. The first-order valence-electron chi connectivity index (χ1n) is 5.96. The molecule has 4 heteroatoms. The molecule has 1 aromatic rings. The van der Waals surface area contributed by atoms with E-state index >= 15 is 0 Å². The number of fused-ring (bicyclic) bond motifs is 1. The number of benzene rings is 1. The van der Waals surface area contributed by atoms with Crippen molar-refractivity contribution < 1.29 is 9.13 Å². The van der Waals surface area contributed by atoms with Gasteiger partial charge in [-0.1, -0.05) is 0 Å². The van der Waals surface area contributed by atoms with Crippen LogP contribution in [0.1, 0.15) is 24.8 Å². The molecular formula is C13H17ClFNO. The maximum absolute atomic E-state index is 13.1. The number of halogens is 2. The molecule has 1 spiro atoms. The molecule has 1 saturated heterocycles. The molecule has 94 valence electrons. The minimum atomic E-state index is -0.163. The van der Waals surface area contributed by atoms with Crippen LogP contribution >= 0.6 is 12.4 Å². The molecule has 2 aliphatic heterocycles. The molecule has 1 fully saturated rings. The van der Waals surface area contributed by atoms with E-state index in [-0.39, 0.29) is 23.8 Å². The minimum absolute atomic E-state index is 0. The Morgan fingerprint density at radius 1 is 1.18 bits per heavy atom. The van der Waals surface area contributed by atoms with E-state index in [1.807, 2.05) is 0 Å². The Labute approximate surface area is 107 Å². The van der Waals surface area contributed by atoms with E-state index in [0.29, 0.717) is 0 Å². The fourth-order valence-corrected chi connectivity index (χ4v) is 2.72. The van der Waals surface area contributed by atoms with E-state index < -0.39 is 0 Å². The molecule has 0 radical (unpaired) electrons. The normalized spacial score (nSPS) is 21.2. The molecule has 0 atom stereocenters. The largest absolute Gasteiger partial charge is 0.487 e. The Hall–Kier alpha value is -0.800. The van der Waals surface area contributed by atoms with Gasteiger partial charge in [0, 0.05) is 0 Å². The van der Waals surface area contributed by atoms with Crippen molar-refractivity contribution in [3.05, 3.63) is 29.6 Å². The van der Waals surface area contributed by atoms with Crippen LogP contribution in [0.3, 0.4) is 0 Å². The molecule has 0 aliphatic carbocycles. The van der Waals surface area contributed by atoms with Gasteiger partial charge in [0.1, 0.15) is 17.2 Å². The van der Waals surface area contributed by atoms with Gasteiger partial charge in [0.15, 0.2) is 0 Å². The van der Waals surface area contributed by atoms with E-state index in [0.717, 1.165) is 50.1 Å². The highest BCUT2D eigenvalue weighted by Crippen LogP contribution is 2.38. The van der Waals surface area contributed by atoms with Gasteiger partial charge in [0.05, 0.1) is 0 Å². The fraction of sp³-hybridized carbons (Fsp3) is 0.538. The summed E-state index contributed by atoms with van der Waals surface area (Å²) < 4.78 is 19.2. The van der Waals surface area contributed by atoms with Crippen LogP contribution in [-0.2, 0) is 6.42 Å². The van der Waals surface area contributed by atoms with Crippen LogP contribution < -0.4 is 10.1 Å². The molecular weight excluding hydrogens is 241 g/mol. The van der Waals surface area contributed by atoms with Crippen LogP contribution in [0.15, 0.2) is 18.2 Å². The highest BCUT2D eigenvalue weighted by molar-refractivity contribution is 5.85. The van der Waals surface area contributed by atoms with E-state index in [9.17, 15) is 4.39 Å². The van der Waals surface area contributed by atoms with Crippen LogP contribution in [-0.4, -0.2) is 18.7 Å². The predicted molar refractivity (Wildman–Crippen MR) is 67.4 cm³/mol. The summed E-state index contributed by atoms with van der Waals surface area (Å²) >= 11 is 0. The first kappa shape index (κ1) is 12.7. The van der Waals surface area contributed by atoms with Crippen LogP contribution in [0.2, 0.25) is 0 Å². The van der Waals surface area contributed by atoms with Gasteiger partial charge in [-0.2, -0.15) is 0 Å². The van der Waals surface area contributed by atoms with Crippen molar-refractivity contribution in [1.82, 2.24) is 5.32 Å². The van der Waals surface area contributed by atoms with Gasteiger partial charge in [-0.25, -0.2) is 4.39 Å². The van der Waals surface area contributed by atoms with Crippen molar-refractivity contribution in [2.24, 2.45) is 0 Å². The zero-order valence-electron chi connectivity index (χ0n) is 9.67. The van der Waals surface area contributed by atoms with Gasteiger partial charge in [0.25, 0.3) is 0 Å². The standard InChI is InChI=1S/C13H16FNO.ClH/c14-11-1-2-12-10(9-11)3-4-13(16-12)5-7-15-8-6-13;/h1-2,9,15H,3-8H2;1H. The molecule has 2 nitrogen and oxygen atoms in total. The topological polar surface area (TPSA) is 21.3 Å². The zero-order valence-corrected chi connectivity index (χ0v) is 10.5. The van der Waals surface area contributed by atoms with E-state index in [4.69, 9.17) is 4.74 Å². The maximum Gasteiger partial charge on any atom is 0.123 e. The first-order chi connectivity index (χ1) is 7.77. The van der Waals surface area contributed by atoms with Crippen molar-refractivity contribution in [3.63, 3.8) is 0 Å². The maximum atomic E-state index is 13.1. The van der Waals surface area contributed by atoms with Crippen molar-refractivity contribution in [3.8, 4) is 5.75 Å². The molecule has 2 aliphatic rings.